The van der Waals surface area contributed by atoms with E-state index in [4.69, 9.17) is 0 Å². The second-order valence-electron chi connectivity index (χ2n) is 4.06. The Kier molecular flexibility index (Phi) is 5.02. The standard InChI is InChI=1S/C11H20N2O2S/c1-3-5-12-9-11-4-6-13(10-11)7-8-16(2,14)15/h4,6,10,12H,3,5,7-9H2,1-2H3. The van der Waals surface area contributed by atoms with Crippen molar-refractivity contribution in [2.45, 2.75) is 26.4 Å². The zero-order chi connectivity index (χ0) is 12.0. The quantitative estimate of drug-likeness (QED) is 0.729. The first-order valence-corrected chi connectivity index (χ1v) is 7.60. The van der Waals surface area contributed by atoms with Crippen LogP contribution in [0.3, 0.4) is 0 Å². The number of nitrogens with one attached hydrogen (secondary N) is 1. The number of rotatable bonds is 7. The molecule has 0 saturated carbocycles. The molecule has 0 radical (unpaired) electrons. The van der Waals surface area contributed by atoms with Crippen LogP contribution in [-0.4, -0.2) is 31.5 Å². The van der Waals surface area contributed by atoms with Crippen LogP contribution in [0.1, 0.15) is 18.9 Å². The summed E-state index contributed by atoms with van der Waals surface area (Å²) in [6, 6.07) is 2.02. The van der Waals surface area contributed by atoms with Crippen molar-refractivity contribution < 1.29 is 8.42 Å². The molecule has 0 saturated heterocycles. The summed E-state index contributed by atoms with van der Waals surface area (Å²) in [6.45, 7) is 4.52. The maximum Gasteiger partial charge on any atom is 0.149 e. The van der Waals surface area contributed by atoms with Gasteiger partial charge in [-0.2, -0.15) is 0 Å². The summed E-state index contributed by atoms with van der Waals surface area (Å²) in [7, 11) is -2.87. The summed E-state index contributed by atoms with van der Waals surface area (Å²) in [5.74, 6) is 0.198. The fraction of sp³-hybridized carbons (Fsp3) is 0.636. The molecule has 0 atom stereocenters. The van der Waals surface area contributed by atoms with E-state index in [1.54, 1.807) is 0 Å². The van der Waals surface area contributed by atoms with Gasteiger partial charge in [0, 0.05) is 31.7 Å². The van der Waals surface area contributed by atoms with Gasteiger partial charge in [0.2, 0.25) is 0 Å². The molecule has 1 rings (SSSR count). The fourth-order valence-electron chi connectivity index (χ4n) is 1.41. The summed E-state index contributed by atoms with van der Waals surface area (Å²) < 4.78 is 23.9. The number of hydrogen-bond donors (Lipinski definition) is 1. The summed E-state index contributed by atoms with van der Waals surface area (Å²) >= 11 is 0. The molecule has 92 valence electrons. The Balaban J connectivity index is 2.39. The smallest absolute Gasteiger partial charge is 0.149 e. The van der Waals surface area contributed by atoms with Gasteiger partial charge in [0.15, 0.2) is 0 Å². The molecule has 1 aromatic rings. The van der Waals surface area contributed by atoms with Crippen LogP contribution in [0.15, 0.2) is 18.5 Å². The van der Waals surface area contributed by atoms with Gasteiger partial charge in [-0.15, -0.1) is 0 Å². The Morgan fingerprint density at radius 3 is 2.81 bits per heavy atom. The summed E-state index contributed by atoms with van der Waals surface area (Å²) in [4.78, 5) is 0. The topological polar surface area (TPSA) is 51.1 Å². The number of hydrogen-bond acceptors (Lipinski definition) is 3. The van der Waals surface area contributed by atoms with Crippen molar-refractivity contribution in [3.8, 4) is 0 Å². The average Bonchev–Trinajstić information content (AvgIpc) is 2.62. The number of aromatic nitrogens is 1. The summed E-state index contributed by atoms with van der Waals surface area (Å²) in [5.41, 5.74) is 1.20. The number of aryl methyl sites for hydroxylation is 1. The normalized spacial score (nSPS) is 11.9. The molecular formula is C11H20N2O2S. The minimum absolute atomic E-state index is 0.198. The van der Waals surface area contributed by atoms with Crippen molar-refractivity contribution in [2.24, 2.45) is 0 Å². The van der Waals surface area contributed by atoms with Gasteiger partial charge in [-0.3, -0.25) is 0 Å². The van der Waals surface area contributed by atoms with Crippen molar-refractivity contribution >= 4 is 9.84 Å². The zero-order valence-electron chi connectivity index (χ0n) is 9.94. The molecule has 5 heteroatoms. The van der Waals surface area contributed by atoms with E-state index < -0.39 is 9.84 Å². The van der Waals surface area contributed by atoms with E-state index in [2.05, 4.69) is 12.2 Å². The second-order valence-corrected chi connectivity index (χ2v) is 6.32. The largest absolute Gasteiger partial charge is 0.353 e. The maximum absolute atomic E-state index is 11.0. The molecule has 0 amide bonds. The maximum atomic E-state index is 11.0. The first kappa shape index (κ1) is 13.3. The SMILES string of the molecule is CCCNCc1ccn(CCS(C)(=O)=O)c1. The van der Waals surface area contributed by atoms with Crippen LogP contribution in [0.4, 0.5) is 0 Å². The van der Waals surface area contributed by atoms with Gasteiger partial charge in [0.05, 0.1) is 5.75 Å². The van der Waals surface area contributed by atoms with E-state index in [9.17, 15) is 8.42 Å². The Bertz CT molecular complexity index is 409. The average molecular weight is 244 g/mol. The third kappa shape index (κ3) is 5.32. The van der Waals surface area contributed by atoms with E-state index >= 15 is 0 Å². The van der Waals surface area contributed by atoms with Gasteiger partial charge < -0.3 is 9.88 Å². The molecule has 0 bridgehead atoms. The Hall–Kier alpha value is -0.810. The highest BCUT2D eigenvalue weighted by Gasteiger charge is 2.02. The van der Waals surface area contributed by atoms with Crippen LogP contribution in [-0.2, 0) is 22.9 Å². The first-order chi connectivity index (χ1) is 7.51. The van der Waals surface area contributed by atoms with Gasteiger partial charge in [0.1, 0.15) is 9.84 Å². The monoisotopic (exact) mass is 244 g/mol. The van der Waals surface area contributed by atoms with Gasteiger partial charge in [-0.05, 0) is 24.6 Å². The van der Waals surface area contributed by atoms with Gasteiger partial charge >= 0.3 is 0 Å². The lowest BCUT2D eigenvalue weighted by Crippen LogP contribution is -2.13. The molecule has 1 heterocycles. The third-order valence-electron chi connectivity index (χ3n) is 2.29. The van der Waals surface area contributed by atoms with Gasteiger partial charge in [-0.25, -0.2) is 8.42 Å². The highest BCUT2D eigenvalue weighted by Crippen LogP contribution is 2.01. The van der Waals surface area contributed by atoms with E-state index in [1.807, 2.05) is 23.0 Å². The third-order valence-corrected chi connectivity index (χ3v) is 3.21. The van der Waals surface area contributed by atoms with Crippen molar-refractivity contribution in [2.75, 3.05) is 18.6 Å². The van der Waals surface area contributed by atoms with E-state index in [1.165, 1.54) is 11.8 Å². The lowest BCUT2D eigenvalue weighted by molar-refractivity contribution is 0.594. The van der Waals surface area contributed by atoms with Crippen molar-refractivity contribution in [1.82, 2.24) is 9.88 Å². The molecule has 4 nitrogen and oxygen atoms in total. The van der Waals surface area contributed by atoms with Crippen molar-refractivity contribution in [1.29, 1.82) is 0 Å². The molecular weight excluding hydrogens is 224 g/mol. The van der Waals surface area contributed by atoms with Gasteiger partial charge in [0.25, 0.3) is 0 Å². The lowest BCUT2D eigenvalue weighted by Gasteiger charge is -2.01. The van der Waals surface area contributed by atoms with Crippen LogP contribution < -0.4 is 5.32 Å². The first-order valence-electron chi connectivity index (χ1n) is 5.54. The second kappa shape index (κ2) is 6.06. The van der Waals surface area contributed by atoms with Crippen LogP contribution >= 0.6 is 0 Å². The fourth-order valence-corrected chi connectivity index (χ4v) is 1.96. The minimum atomic E-state index is -2.87. The lowest BCUT2D eigenvalue weighted by atomic mass is 10.3. The molecule has 0 aliphatic carbocycles. The Morgan fingerprint density at radius 2 is 2.19 bits per heavy atom. The minimum Gasteiger partial charge on any atom is -0.353 e. The molecule has 0 spiro atoms. The van der Waals surface area contributed by atoms with Crippen molar-refractivity contribution in [3.63, 3.8) is 0 Å². The highest BCUT2D eigenvalue weighted by molar-refractivity contribution is 7.90. The zero-order valence-corrected chi connectivity index (χ0v) is 10.8. The number of sulfone groups is 1. The number of nitrogens with zero attached hydrogens (tertiary/aromatic N) is 1. The van der Waals surface area contributed by atoms with E-state index in [0.717, 1.165) is 19.5 Å². The van der Waals surface area contributed by atoms with E-state index in [-0.39, 0.29) is 5.75 Å². The predicted molar refractivity (Wildman–Crippen MR) is 66.1 cm³/mol. The Labute approximate surface area is 97.6 Å². The summed E-state index contributed by atoms with van der Waals surface area (Å²) in [5, 5.41) is 3.31. The van der Waals surface area contributed by atoms with Crippen LogP contribution in [0.5, 0.6) is 0 Å². The molecule has 16 heavy (non-hydrogen) atoms. The van der Waals surface area contributed by atoms with E-state index in [0.29, 0.717) is 6.54 Å². The summed E-state index contributed by atoms with van der Waals surface area (Å²) in [6.07, 6.45) is 6.30. The molecule has 0 aliphatic heterocycles. The van der Waals surface area contributed by atoms with Crippen molar-refractivity contribution in [3.05, 3.63) is 24.0 Å². The van der Waals surface area contributed by atoms with Crippen LogP contribution in [0, 0.1) is 0 Å². The van der Waals surface area contributed by atoms with Gasteiger partial charge in [-0.1, -0.05) is 6.92 Å². The molecule has 1 N–H and O–H groups in total. The van der Waals surface area contributed by atoms with Crippen LogP contribution in [0.25, 0.3) is 0 Å². The van der Waals surface area contributed by atoms with Crippen LogP contribution in [0.2, 0.25) is 0 Å². The molecule has 0 fully saturated rings. The predicted octanol–water partition coefficient (Wildman–Crippen LogP) is 1.03. The molecule has 0 aromatic carbocycles. The Morgan fingerprint density at radius 1 is 1.44 bits per heavy atom. The molecule has 1 aromatic heterocycles. The molecule has 0 aliphatic rings. The molecule has 0 unspecified atom stereocenters. The highest BCUT2D eigenvalue weighted by atomic mass is 32.2.